The third kappa shape index (κ3) is 5.00. The van der Waals surface area contributed by atoms with Crippen LogP contribution in [-0.4, -0.2) is 69.9 Å². The Morgan fingerprint density at radius 1 is 1.28 bits per heavy atom. The van der Waals surface area contributed by atoms with Gasteiger partial charge in [0, 0.05) is 24.4 Å². The number of rotatable bonds is 5. The highest BCUT2D eigenvalue weighted by atomic mass is 19.4. The molecule has 10 heteroatoms. The molecule has 2 heterocycles. The zero-order chi connectivity index (χ0) is 21.4. The molecular weight excluding hydrogens is 390 g/mol. The maximum Gasteiger partial charge on any atom is 0.416 e. The molecule has 156 valence electrons. The maximum atomic E-state index is 14.3. The van der Waals surface area contributed by atoms with Crippen molar-refractivity contribution in [3.8, 4) is 11.4 Å². The molecule has 1 aromatic carbocycles. The van der Waals surface area contributed by atoms with E-state index in [9.17, 15) is 22.4 Å². The second-order valence-corrected chi connectivity index (χ2v) is 7.53. The van der Waals surface area contributed by atoms with Crippen LogP contribution in [0.4, 0.5) is 17.6 Å². The van der Waals surface area contributed by atoms with Crippen LogP contribution in [0, 0.1) is 6.92 Å². The molecule has 3 rings (SSSR count). The van der Waals surface area contributed by atoms with E-state index >= 15 is 0 Å². The molecule has 1 aliphatic heterocycles. The van der Waals surface area contributed by atoms with Gasteiger partial charge in [-0.15, -0.1) is 5.10 Å². The molecule has 0 bridgehead atoms. The maximum absolute atomic E-state index is 14.3. The average Bonchev–Trinajstić information content (AvgIpc) is 3.04. The fraction of sp³-hybridized carbons (Fsp3) is 0.421. The van der Waals surface area contributed by atoms with Crippen molar-refractivity contribution in [3.05, 3.63) is 41.7 Å². The molecular formula is C19H21F4N5O. The summed E-state index contributed by atoms with van der Waals surface area (Å²) in [6.45, 7) is 1.83. The highest BCUT2D eigenvalue weighted by molar-refractivity contribution is 5.91. The number of carbonyl (C=O) groups is 1. The van der Waals surface area contributed by atoms with Crippen molar-refractivity contribution < 1.29 is 22.4 Å². The molecule has 0 unspecified atom stereocenters. The number of hydrogen-bond donors (Lipinski definition) is 0. The first-order valence-corrected chi connectivity index (χ1v) is 8.86. The van der Waals surface area contributed by atoms with Crippen molar-refractivity contribution in [2.24, 2.45) is 0 Å². The minimum Gasteiger partial charge on any atom is -0.332 e. The van der Waals surface area contributed by atoms with Crippen LogP contribution in [-0.2, 0) is 11.0 Å². The third-order valence-electron chi connectivity index (χ3n) is 4.40. The number of nitrogens with zero attached hydrogens (tertiary/aromatic N) is 5. The summed E-state index contributed by atoms with van der Waals surface area (Å²) in [4.78, 5) is 19.2. The summed E-state index contributed by atoms with van der Waals surface area (Å²) >= 11 is 0. The van der Waals surface area contributed by atoms with Crippen LogP contribution in [0.3, 0.4) is 0 Å². The fourth-order valence-corrected chi connectivity index (χ4v) is 3.26. The Bertz CT molecular complexity index is 929. The number of amides is 1. The van der Waals surface area contributed by atoms with Crippen LogP contribution in [0.5, 0.6) is 0 Å². The Morgan fingerprint density at radius 2 is 1.97 bits per heavy atom. The van der Waals surface area contributed by atoms with E-state index in [1.54, 1.807) is 32.0 Å². The van der Waals surface area contributed by atoms with Gasteiger partial charge in [0.1, 0.15) is 6.33 Å². The lowest BCUT2D eigenvalue weighted by Crippen LogP contribution is -2.64. The Morgan fingerprint density at radius 3 is 2.59 bits per heavy atom. The smallest absolute Gasteiger partial charge is 0.332 e. The summed E-state index contributed by atoms with van der Waals surface area (Å²) in [5.74, 6) is -0.266. The molecule has 0 radical (unpaired) electrons. The van der Waals surface area contributed by atoms with E-state index in [1.165, 1.54) is 28.2 Å². The minimum absolute atomic E-state index is 0.0144. The minimum atomic E-state index is -4.47. The molecule has 1 aromatic heterocycles. The van der Waals surface area contributed by atoms with Crippen molar-refractivity contribution in [1.82, 2.24) is 24.6 Å². The van der Waals surface area contributed by atoms with Crippen LogP contribution >= 0.6 is 0 Å². The molecule has 0 N–H and O–H groups in total. The van der Waals surface area contributed by atoms with Crippen LogP contribution in [0.15, 0.2) is 30.6 Å². The first-order valence-electron chi connectivity index (χ1n) is 8.86. The van der Waals surface area contributed by atoms with Crippen molar-refractivity contribution in [2.75, 3.05) is 33.7 Å². The first-order chi connectivity index (χ1) is 13.4. The monoisotopic (exact) mass is 411 g/mol. The normalized spacial score (nSPS) is 16.5. The quantitative estimate of drug-likeness (QED) is 0.561. The highest BCUT2D eigenvalue weighted by Crippen LogP contribution is 2.32. The van der Waals surface area contributed by atoms with Gasteiger partial charge < -0.3 is 9.80 Å². The molecule has 1 amide bonds. The molecule has 0 aliphatic carbocycles. The summed E-state index contributed by atoms with van der Waals surface area (Å²) in [6, 6.07) is 3.58. The summed E-state index contributed by atoms with van der Waals surface area (Å²) in [6.07, 6.45) is -0.615. The second kappa shape index (κ2) is 7.58. The average molecular weight is 411 g/mol. The molecule has 0 spiro atoms. The molecule has 6 nitrogen and oxygen atoms in total. The number of likely N-dealkylation sites (tertiary alicyclic amines) is 1. The predicted molar refractivity (Wildman–Crippen MR) is 99.5 cm³/mol. The predicted octanol–water partition coefficient (Wildman–Crippen LogP) is 2.86. The molecule has 2 aromatic rings. The topological polar surface area (TPSA) is 54.3 Å². The lowest BCUT2D eigenvalue weighted by atomic mass is 9.95. The van der Waals surface area contributed by atoms with E-state index in [-0.39, 0.29) is 36.9 Å². The van der Waals surface area contributed by atoms with Crippen LogP contribution in [0.2, 0.25) is 0 Å². The zero-order valence-corrected chi connectivity index (χ0v) is 16.2. The van der Waals surface area contributed by atoms with Gasteiger partial charge in [0.2, 0.25) is 5.91 Å². The summed E-state index contributed by atoms with van der Waals surface area (Å²) < 4.78 is 54.5. The van der Waals surface area contributed by atoms with Crippen molar-refractivity contribution >= 4 is 12.1 Å². The van der Waals surface area contributed by atoms with Crippen LogP contribution in [0.1, 0.15) is 11.1 Å². The van der Waals surface area contributed by atoms with Gasteiger partial charge in [0.15, 0.2) is 11.5 Å². The summed E-state index contributed by atoms with van der Waals surface area (Å²) in [5.41, 5.74) is -1.53. The molecule has 0 saturated carbocycles. The van der Waals surface area contributed by atoms with Crippen molar-refractivity contribution in [2.45, 2.75) is 18.8 Å². The van der Waals surface area contributed by atoms with Gasteiger partial charge in [-0.3, -0.25) is 4.79 Å². The lowest BCUT2D eigenvalue weighted by molar-refractivity contribution is -0.141. The second-order valence-electron chi connectivity index (χ2n) is 7.53. The van der Waals surface area contributed by atoms with Crippen LogP contribution < -0.4 is 0 Å². The Hall–Kier alpha value is -2.75. The number of carbonyl (C=O) groups excluding carboxylic acids is 1. The molecule has 29 heavy (non-hydrogen) atoms. The lowest BCUT2D eigenvalue weighted by Gasteiger charge is -2.45. The number of halogens is 4. The fourth-order valence-electron chi connectivity index (χ4n) is 3.26. The van der Waals surface area contributed by atoms with Gasteiger partial charge in [-0.25, -0.2) is 14.1 Å². The van der Waals surface area contributed by atoms with Gasteiger partial charge in [-0.1, -0.05) is 0 Å². The first kappa shape index (κ1) is 21.0. The Kier molecular flexibility index (Phi) is 5.48. The molecule has 1 saturated heterocycles. The van der Waals surface area contributed by atoms with Crippen LogP contribution in [0.25, 0.3) is 17.6 Å². The number of alkyl halides is 4. The van der Waals surface area contributed by atoms with Gasteiger partial charge in [-0.05, 0) is 44.8 Å². The highest BCUT2D eigenvalue weighted by Gasteiger charge is 2.45. The molecule has 0 atom stereocenters. The van der Waals surface area contributed by atoms with E-state index in [4.69, 9.17) is 0 Å². The van der Waals surface area contributed by atoms with E-state index in [2.05, 4.69) is 10.1 Å². The van der Waals surface area contributed by atoms with E-state index in [0.29, 0.717) is 5.56 Å². The molecule has 1 aliphatic rings. The van der Waals surface area contributed by atoms with E-state index < -0.39 is 17.4 Å². The summed E-state index contributed by atoms with van der Waals surface area (Å²) in [5, 5.41) is 4.09. The van der Waals surface area contributed by atoms with Gasteiger partial charge >= 0.3 is 6.18 Å². The Labute approximate surface area is 165 Å². The van der Waals surface area contributed by atoms with E-state index in [1.807, 2.05) is 0 Å². The number of benzene rings is 1. The van der Waals surface area contributed by atoms with Gasteiger partial charge in [0.05, 0.1) is 18.7 Å². The standard InChI is InChI=1S/C19H21F4N5O/c1-13-6-14(8-15(7-13)19(21,22)23)17-24-12-28(25-17)5-4-16(29)27-10-18(20,11-27)9-26(2)3/h4-8,12H,9-11H2,1-3H3/b5-4-. The van der Waals surface area contributed by atoms with Crippen molar-refractivity contribution in [1.29, 1.82) is 0 Å². The molecule has 1 fully saturated rings. The largest absolute Gasteiger partial charge is 0.416 e. The Balaban J connectivity index is 1.67. The van der Waals surface area contributed by atoms with E-state index in [0.717, 1.165) is 12.1 Å². The number of hydrogen-bond acceptors (Lipinski definition) is 4. The number of aromatic nitrogens is 3. The third-order valence-corrected chi connectivity index (χ3v) is 4.40. The SMILES string of the molecule is Cc1cc(-c2ncn(/C=C\C(=O)N3CC(F)(CN(C)C)C3)n2)cc(C(F)(F)F)c1. The van der Waals surface area contributed by atoms with Gasteiger partial charge in [-0.2, -0.15) is 13.2 Å². The zero-order valence-electron chi connectivity index (χ0n) is 16.2. The summed E-state index contributed by atoms with van der Waals surface area (Å²) in [7, 11) is 3.53. The van der Waals surface area contributed by atoms with Gasteiger partial charge in [0.25, 0.3) is 0 Å². The number of aryl methyl sites for hydroxylation is 1. The van der Waals surface area contributed by atoms with Crippen molar-refractivity contribution in [3.63, 3.8) is 0 Å².